The summed E-state index contributed by atoms with van der Waals surface area (Å²) in [6.07, 6.45) is -0.688. The summed E-state index contributed by atoms with van der Waals surface area (Å²) in [4.78, 5) is 24.4. The summed E-state index contributed by atoms with van der Waals surface area (Å²) >= 11 is 0. The molecular formula is C27H25NO6. The molecule has 7 nitrogen and oxygen atoms in total. The number of hydrogen-bond donors (Lipinski definition) is 2. The Morgan fingerprint density at radius 1 is 0.971 bits per heavy atom. The van der Waals surface area contributed by atoms with Crippen molar-refractivity contribution >= 4 is 12.1 Å². The van der Waals surface area contributed by atoms with Crippen LogP contribution in [0.5, 0.6) is 11.5 Å². The lowest BCUT2D eigenvalue weighted by molar-refractivity contribution is -0.139. The van der Waals surface area contributed by atoms with Crippen LogP contribution in [0.3, 0.4) is 0 Å². The van der Waals surface area contributed by atoms with E-state index in [2.05, 4.69) is 17.4 Å². The Labute approximate surface area is 197 Å². The van der Waals surface area contributed by atoms with E-state index in [1.807, 2.05) is 36.4 Å². The second-order valence-electron chi connectivity index (χ2n) is 8.95. The lowest BCUT2D eigenvalue weighted by atomic mass is 9.98. The Balaban J connectivity index is 1.25. The van der Waals surface area contributed by atoms with Crippen molar-refractivity contribution in [3.05, 3.63) is 83.4 Å². The molecule has 7 heteroatoms. The summed E-state index contributed by atoms with van der Waals surface area (Å²) in [5, 5.41) is 12.2. The number of nitrogens with one attached hydrogen (secondary N) is 1. The molecule has 5 rings (SSSR count). The molecule has 1 amide bonds. The monoisotopic (exact) mass is 459 g/mol. The summed E-state index contributed by atoms with van der Waals surface area (Å²) in [7, 11) is 0. The van der Waals surface area contributed by atoms with E-state index in [0.717, 1.165) is 22.3 Å². The Kier molecular flexibility index (Phi) is 5.40. The SMILES string of the molecule is CC1(C)Oc2ccc(C[C@@H](NC(=O)OCC3c4ccccc4-c4ccccc43)C(=O)O)cc2O1. The molecule has 0 bridgehead atoms. The van der Waals surface area contributed by atoms with Gasteiger partial charge in [0.25, 0.3) is 0 Å². The van der Waals surface area contributed by atoms with Crippen LogP contribution in [0.25, 0.3) is 11.1 Å². The second-order valence-corrected chi connectivity index (χ2v) is 8.95. The number of carbonyl (C=O) groups excluding carboxylic acids is 1. The zero-order valence-corrected chi connectivity index (χ0v) is 18.9. The molecule has 3 aromatic carbocycles. The molecule has 0 aromatic heterocycles. The highest BCUT2D eigenvalue weighted by atomic mass is 16.7. The normalized spacial score (nSPS) is 15.8. The molecule has 0 radical (unpaired) electrons. The average Bonchev–Trinajstić information content (AvgIpc) is 3.29. The van der Waals surface area contributed by atoms with Crippen LogP contribution in [0.1, 0.15) is 36.5 Å². The number of rotatable bonds is 6. The number of fused-ring (bicyclic) bond motifs is 4. The van der Waals surface area contributed by atoms with E-state index in [-0.39, 0.29) is 18.9 Å². The Morgan fingerprint density at radius 3 is 2.24 bits per heavy atom. The van der Waals surface area contributed by atoms with E-state index in [1.165, 1.54) is 0 Å². The van der Waals surface area contributed by atoms with Gasteiger partial charge in [0.05, 0.1) is 0 Å². The highest BCUT2D eigenvalue weighted by molar-refractivity contribution is 5.81. The van der Waals surface area contributed by atoms with Crippen LogP contribution in [0.4, 0.5) is 4.79 Å². The van der Waals surface area contributed by atoms with Gasteiger partial charge in [-0.2, -0.15) is 0 Å². The number of hydrogen-bond acceptors (Lipinski definition) is 5. The van der Waals surface area contributed by atoms with Crippen molar-refractivity contribution in [2.24, 2.45) is 0 Å². The van der Waals surface area contributed by atoms with Crippen molar-refractivity contribution < 1.29 is 28.9 Å². The number of alkyl carbamates (subject to hydrolysis) is 1. The number of benzene rings is 3. The minimum absolute atomic E-state index is 0.0800. The van der Waals surface area contributed by atoms with Gasteiger partial charge in [0, 0.05) is 26.2 Å². The maximum absolute atomic E-state index is 12.6. The largest absolute Gasteiger partial charge is 0.480 e. The molecule has 0 unspecified atom stereocenters. The Bertz CT molecular complexity index is 1220. The number of carbonyl (C=O) groups is 2. The topological polar surface area (TPSA) is 94.1 Å². The van der Waals surface area contributed by atoms with Crippen molar-refractivity contribution in [2.45, 2.75) is 38.0 Å². The van der Waals surface area contributed by atoms with Gasteiger partial charge in [0.15, 0.2) is 11.5 Å². The summed E-state index contributed by atoms with van der Waals surface area (Å²) in [6.45, 7) is 3.71. The van der Waals surface area contributed by atoms with E-state index < -0.39 is 23.9 Å². The fourth-order valence-corrected chi connectivity index (χ4v) is 4.61. The first kappa shape index (κ1) is 21.8. The van der Waals surface area contributed by atoms with Gasteiger partial charge in [-0.3, -0.25) is 0 Å². The van der Waals surface area contributed by atoms with Gasteiger partial charge in [-0.15, -0.1) is 0 Å². The van der Waals surface area contributed by atoms with Crippen molar-refractivity contribution in [1.29, 1.82) is 0 Å². The molecule has 1 aliphatic heterocycles. The van der Waals surface area contributed by atoms with E-state index in [0.29, 0.717) is 17.1 Å². The van der Waals surface area contributed by atoms with Crippen molar-refractivity contribution in [1.82, 2.24) is 5.32 Å². The zero-order chi connectivity index (χ0) is 23.9. The predicted molar refractivity (Wildman–Crippen MR) is 125 cm³/mol. The summed E-state index contributed by atoms with van der Waals surface area (Å²) < 4.78 is 16.9. The lowest BCUT2D eigenvalue weighted by Gasteiger charge is -2.18. The summed E-state index contributed by atoms with van der Waals surface area (Å²) in [5.74, 6) is -0.866. The van der Waals surface area contributed by atoms with Gasteiger partial charge >= 0.3 is 12.1 Å². The molecule has 174 valence electrons. The summed E-state index contributed by atoms with van der Waals surface area (Å²) in [6, 6.07) is 20.2. The number of aliphatic carboxylic acids is 1. The van der Waals surface area contributed by atoms with Crippen molar-refractivity contribution in [3.8, 4) is 22.6 Å². The number of carboxylic acid groups (broad SMARTS) is 1. The Morgan fingerprint density at radius 2 is 1.59 bits per heavy atom. The highest BCUT2D eigenvalue weighted by Crippen LogP contribution is 2.44. The molecule has 0 fully saturated rings. The van der Waals surface area contributed by atoms with Crippen LogP contribution >= 0.6 is 0 Å². The molecule has 0 saturated heterocycles. The van der Waals surface area contributed by atoms with Crippen LogP contribution in [0, 0.1) is 0 Å². The maximum Gasteiger partial charge on any atom is 0.407 e. The third-order valence-corrected chi connectivity index (χ3v) is 6.09. The number of ether oxygens (including phenoxy) is 3. The molecule has 1 heterocycles. The fourth-order valence-electron chi connectivity index (χ4n) is 4.61. The molecule has 2 aliphatic rings. The standard InChI is InChI=1S/C27H25NO6/c1-27(2)33-23-12-11-16(14-24(23)34-27)13-22(25(29)30)28-26(31)32-15-21-19-9-5-3-7-17(19)18-8-4-6-10-20(18)21/h3-12,14,21-22H,13,15H2,1-2H3,(H,28,31)(H,29,30)/t22-/m1/s1. The minimum atomic E-state index is -1.15. The molecule has 2 N–H and O–H groups in total. The smallest absolute Gasteiger partial charge is 0.407 e. The first-order valence-corrected chi connectivity index (χ1v) is 11.2. The van der Waals surface area contributed by atoms with Gasteiger partial charge in [0.2, 0.25) is 5.79 Å². The molecule has 0 saturated carbocycles. The molecule has 3 aromatic rings. The molecule has 1 aliphatic carbocycles. The van der Waals surface area contributed by atoms with Gasteiger partial charge in [-0.1, -0.05) is 54.6 Å². The van der Waals surface area contributed by atoms with Crippen LogP contribution in [0.15, 0.2) is 66.7 Å². The van der Waals surface area contributed by atoms with E-state index in [9.17, 15) is 14.7 Å². The van der Waals surface area contributed by atoms with E-state index in [1.54, 1.807) is 32.0 Å². The maximum atomic E-state index is 12.6. The van der Waals surface area contributed by atoms with Gasteiger partial charge in [0.1, 0.15) is 12.6 Å². The minimum Gasteiger partial charge on any atom is -0.480 e. The zero-order valence-electron chi connectivity index (χ0n) is 18.9. The number of amides is 1. The molecular weight excluding hydrogens is 434 g/mol. The second kappa shape index (κ2) is 8.41. The van der Waals surface area contributed by atoms with E-state index in [4.69, 9.17) is 14.2 Å². The molecule has 1 atom stereocenters. The highest BCUT2D eigenvalue weighted by Gasteiger charge is 2.33. The van der Waals surface area contributed by atoms with Gasteiger partial charge in [-0.05, 0) is 39.9 Å². The quantitative estimate of drug-likeness (QED) is 0.554. The molecule has 34 heavy (non-hydrogen) atoms. The van der Waals surface area contributed by atoms with Gasteiger partial charge in [-0.25, -0.2) is 9.59 Å². The van der Waals surface area contributed by atoms with Crippen LogP contribution in [-0.4, -0.2) is 35.6 Å². The lowest BCUT2D eigenvalue weighted by Crippen LogP contribution is -2.42. The van der Waals surface area contributed by atoms with Crippen molar-refractivity contribution in [3.63, 3.8) is 0 Å². The van der Waals surface area contributed by atoms with Crippen LogP contribution in [-0.2, 0) is 16.0 Å². The predicted octanol–water partition coefficient (Wildman–Crippen LogP) is 4.73. The van der Waals surface area contributed by atoms with Crippen molar-refractivity contribution in [2.75, 3.05) is 6.61 Å². The van der Waals surface area contributed by atoms with E-state index >= 15 is 0 Å². The number of carboxylic acids is 1. The average molecular weight is 459 g/mol. The first-order chi connectivity index (χ1) is 16.3. The summed E-state index contributed by atoms with van der Waals surface area (Å²) in [5.41, 5.74) is 5.14. The van der Waals surface area contributed by atoms with Gasteiger partial charge < -0.3 is 24.6 Å². The third kappa shape index (κ3) is 4.17. The third-order valence-electron chi connectivity index (χ3n) is 6.09. The molecule has 0 spiro atoms. The van der Waals surface area contributed by atoms with Crippen LogP contribution in [0.2, 0.25) is 0 Å². The van der Waals surface area contributed by atoms with Crippen LogP contribution < -0.4 is 14.8 Å². The first-order valence-electron chi connectivity index (χ1n) is 11.2. The fraction of sp³-hybridized carbons (Fsp3) is 0.259. The Hall–Kier alpha value is -4.00.